The number of rotatable bonds is 8. The largest absolute Gasteiger partial charge is 0.384 e. The first kappa shape index (κ1) is 16.8. The summed E-state index contributed by atoms with van der Waals surface area (Å²) in [4.78, 5) is 0. The summed E-state index contributed by atoms with van der Waals surface area (Å²) in [6, 6.07) is 6.29. The lowest BCUT2D eigenvalue weighted by atomic mass is 9.96. The van der Waals surface area contributed by atoms with Crippen molar-refractivity contribution in [3.63, 3.8) is 0 Å². The van der Waals surface area contributed by atoms with Gasteiger partial charge in [0.25, 0.3) is 0 Å². The van der Waals surface area contributed by atoms with Gasteiger partial charge >= 0.3 is 0 Å². The topological polar surface area (TPSA) is 21.3 Å². The maximum atomic E-state index is 6.06. The first-order valence-corrected chi connectivity index (χ1v) is 7.48. The Hall–Kier alpha value is -0.280. The van der Waals surface area contributed by atoms with E-state index >= 15 is 0 Å². The molecule has 0 heterocycles. The zero-order valence-corrected chi connectivity index (χ0v) is 13.4. The van der Waals surface area contributed by atoms with Crippen LogP contribution in [0.25, 0.3) is 0 Å². The average Bonchev–Trinajstić information content (AvgIpc) is 2.34. The number of hydrogen-bond acceptors (Lipinski definition) is 2. The van der Waals surface area contributed by atoms with Gasteiger partial charge in [0.15, 0.2) is 0 Å². The summed E-state index contributed by atoms with van der Waals surface area (Å²) in [6.45, 7) is 6.10. The SMILES string of the molecule is CCNC(Cc1ccc(Cl)c(Cl)c1)CC(C)COC. The Bertz CT molecular complexity index is 384. The Morgan fingerprint density at radius 3 is 2.58 bits per heavy atom. The lowest BCUT2D eigenvalue weighted by molar-refractivity contribution is 0.149. The molecule has 0 aliphatic rings. The number of hydrogen-bond donors (Lipinski definition) is 1. The van der Waals surface area contributed by atoms with E-state index in [4.69, 9.17) is 27.9 Å². The van der Waals surface area contributed by atoms with Gasteiger partial charge in [0.05, 0.1) is 10.0 Å². The molecule has 0 amide bonds. The van der Waals surface area contributed by atoms with E-state index in [9.17, 15) is 0 Å². The molecule has 0 aliphatic heterocycles. The van der Waals surface area contributed by atoms with Crippen molar-refractivity contribution in [1.29, 1.82) is 0 Å². The maximum Gasteiger partial charge on any atom is 0.0595 e. The number of nitrogens with one attached hydrogen (secondary N) is 1. The third kappa shape index (κ3) is 6.13. The molecule has 0 radical (unpaired) electrons. The molecule has 0 fully saturated rings. The van der Waals surface area contributed by atoms with Gasteiger partial charge in [-0.25, -0.2) is 0 Å². The number of halogens is 2. The minimum Gasteiger partial charge on any atom is -0.384 e. The van der Waals surface area contributed by atoms with E-state index in [2.05, 4.69) is 19.2 Å². The molecule has 0 aromatic heterocycles. The molecule has 1 N–H and O–H groups in total. The second-order valence-electron chi connectivity index (χ2n) is 5.00. The van der Waals surface area contributed by atoms with Crippen molar-refractivity contribution in [3.05, 3.63) is 33.8 Å². The molecule has 2 atom stereocenters. The Balaban J connectivity index is 2.63. The highest BCUT2D eigenvalue weighted by Gasteiger charge is 2.13. The maximum absolute atomic E-state index is 6.06. The van der Waals surface area contributed by atoms with Gasteiger partial charge in [0.1, 0.15) is 0 Å². The first-order chi connectivity index (χ1) is 9.06. The van der Waals surface area contributed by atoms with Gasteiger partial charge < -0.3 is 10.1 Å². The standard InChI is InChI=1S/C15H23Cl2NO/c1-4-18-13(7-11(2)10-19-3)8-12-5-6-14(16)15(17)9-12/h5-6,9,11,13,18H,4,7-8,10H2,1-3H3. The Kier molecular flexibility index (Phi) is 7.77. The highest BCUT2D eigenvalue weighted by molar-refractivity contribution is 6.42. The Morgan fingerprint density at radius 1 is 1.26 bits per heavy atom. The van der Waals surface area contributed by atoms with Gasteiger partial charge in [0, 0.05) is 19.8 Å². The van der Waals surface area contributed by atoms with Crippen molar-refractivity contribution in [2.75, 3.05) is 20.3 Å². The van der Waals surface area contributed by atoms with Crippen molar-refractivity contribution in [2.45, 2.75) is 32.7 Å². The van der Waals surface area contributed by atoms with Crippen molar-refractivity contribution in [1.82, 2.24) is 5.32 Å². The van der Waals surface area contributed by atoms with Crippen molar-refractivity contribution >= 4 is 23.2 Å². The Morgan fingerprint density at radius 2 is 2.00 bits per heavy atom. The van der Waals surface area contributed by atoms with Crippen LogP contribution in [0.2, 0.25) is 10.0 Å². The zero-order valence-electron chi connectivity index (χ0n) is 11.9. The second kappa shape index (κ2) is 8.80. The van der Waals surface area contributed by atoms with Crippen LogP contribution in [0.15, 0.2) is 18.2 Å². The van der Waals surface area contributed by atoms with Crippen molar-refractivity contribution < 1.29 is 4.74 Å². The predicted octanol–water partition coefficient (Wildman–Crippen LogP) is 4.19. The van der Waals surface area contributed by atoms with Gasteiger partial charge in [-0.05, 0) is 43.0 Å². The van der Waals surface area contributed by atoms with E-state index in [0.717, 1.165) is 26.0 Å². The van der Waals surface area contributed by atoms with E-state index in [1.165, 1.54) is 5.56 Å². The van der Waals surface area contributed by atoms with E-state index in [1.807, 2.05) is 18.2 Å². The fraction of sp³-hybridized carbons (Fsp3) is 0.600. The van der Waals surface area contributed by atoms with Crippen molar-refractivity contribution in [2.24, 2.45) is 5.92 Å². The number of ether oxygens (including phenoxy) is 1. The smallest absolute Gasteiger partial charge is 0.0595 e. The van der Waals surface area contributed by atoms with Crippen LogP contribution < -0.4 is 5.32 Å². The molecule has 0 bridgehead atoms. The van der Waals surface area contributed by atoms with Crippen molar-refractivity contribution in [3.8, 4) is 0 Å². The zero-order chi connectivity index (χ0) is 14.3. The van der Waals surface area contributed by atoms with Gasteiger partial charge in [-0.2, -0.15) is 0 Å². The molecular formula is C15H23Cl2NO. The normalized spacial score (nSPS) is 14.4. The van der Waals surface area contributed by atoms with Crippen LogP contribution in [0.3, 0.4) is 0 Å². The van der Waals surface area contributed by atoms with Crippen LogP contribution in [0.1, 0.15) is 25.8 Å². The van der Waals surface area contributed by atoms with E-state index < -0.39 is 0 Å². The minimum atomic E-state index is 0.437. The quantitative estimate of drug-likeness (QED) is 0.777. The van der Waals surface area contributed by atoms with E-state index in [-0.39, 0.29) is 0 Å². The molecule has 19 heavy (non-hydrogen) atoms. The van der Waals surface area contributed by atoms with Gasteiger partial charge in [0.2, 0.25) is 0 Å². The number of methoxy groups -OCH3 is 1. The minimum absolute atomic E-state index is 0.437. The monoisotopic (exact) mass is 303 g/mol. The molecule has 1 aromatic carbocycles. The molecular weight excluding hydrogens is 281 g/mol. The van der Waals surface area contributed by atoms with Crippen LogP contribution in [0.4, 0.5) is 0 Å². The van der Waals surface area contributed by atoms with Gasteiger partial charge in [-0.1, -0.05) is 43.1 Å². The number of benzene rings is 1. The third-order valence-electron chi connectivity index (χ3n) is 3.10. The van der Waals surface area contributed by atoms with Crippen LogP contribution >= 0.6 is 23.2 Å². The highest BCUT2D eigenvalue weighted by Crippen LogP contribution is 2.23. The summed E-state index contributed by atoms with van der Waals surface area (Å²) in [7, 11) is 1.75. The van der Waals surface area contributed by atoms with Crippen LogP contribution in [-0.4, -0.2) is 26.3 Å². The van der Waals surface area contributed by atoms with E-state index in [0.29, 0.717) is 22.0 Å². The summed E-state index contributed by atoms with van der Waals surface area (Å²) in [6.07, 6.45) is 2.04. The van der Waals surface area contributed by atoms with E-state index in [1.54, 1.807) is 7.11 Å². The molecule has 2 nitrogen and oxygen atoms in total. The lowest BCUT2D eigenvalue weighted by Gasteiger charge is -2.21. The second-order valence-corrected chi connectivity index (χ2v) is 5.82. The van der Waals surface area contributed by atoms with Crippen LogP contribution in [0.5, 0.6) is 0 Å². The average molecular weight is 304 g/mol. The molecule has 4 heteroatoms. The Labute approximate surface area is 126 Å². The molecule has 2 unspecified atom stereocenters. The fourth-order valence-electron chi connectivity index (χ4n) is 2.32. The van der Waals surface area contributed by atoms with Gasteiger partial charge in [-0.15, -0.1) is 0 Å². The predicted molar refractivity (Wildman–Crippen MR) is 83.3 cm³/mol. The molecule has 0 spiro atoms. The summed E-state index contributed by atoms with van der Waals surface area (Å²) in [5, 5.41) is 4.76. The lowest BCUT2D eigenvalue weighted by Crippen LogP contribution is -2.33. The summed E-state index contributed by atoms with van der Waals surface area (Å²) >= 11 is 12.0. The highest BCUT2D eigenvalue weighted by atomic mass is 35.5. The molecule has 0 saturated carbocycles. The molecule has 1 rings (SSSR count). The molecule has 108 valence electrons. The van der Waals surface area contributed by atoms with Crippen LogP contribution in [0, 0.1) is 5.92 Å². The number of likely N-dealkylation sites (N-methyl/N-ethyl adjacent to an activating group) is 1. The van der Waals surface area contributed by atoms with Crippen LogP contribution in [-0.2, 0) is 11.2 Å². The summed E-state index contributed by atoms with van der Waals surface area (Å²) in [5.74, 6) is 0.539. The first-order valence-electron chi connectivity index (χ1n) is 6.73. The molecule has 0 saturated heterocycles. The molecule has 0 aliphatic carbocycles. The van der Waals surface area contributed by atoms with Gasteiger partial charge in [-0.3, -0.25) is 0 Å². The summed E-state index contributed by atoms with van der Waals surface area (Å²) < 4.78 is 5.20. The summed E-state index contributed by atoms with van der Waals surface area (Å²) in [5.41, 5.74) is 1.21. The fourth-order valence-corrected chi connectivity index (χ4v) is 2.64. The third-order valence-corrected chi connectivity index (χ3v) is 3.84. The molecule has 1 aromatic rings.